The number of piperidine rings is 1. The molecular formula is C19H27ClN2O. The van der Waals surface area contributed by atoms with Crippen LogP contribution in [0.1, 0.15) is 44.1 Å². The Morgan fingerprint density at radius 1 is 0.957 bits per heavy atom. The fourth-order valence-corrected chi connectivity index (χ4v) is 3.96. The van der Waals surface area contributed by atoms with Crippen LogP contribution in [0.5, 0.6) is 0 Å². The van der Waals surface area contributed by atoms with E-state index in [4.69, 9.17) is 11.6 Å². The van der Waals surface area contributed by atoms with Gasteiger partial charge < -0.3 is 9.80 Å². The summed E-state index contributed by atoms with van der Waals surface area (Å²) in [4.78, 5) is 17.2. The van der Waals surface area contributed by atoms with E-state index in [9.17, 15) is 4.79 Å². The van der Waals surface area contributed by atoms with Gasteiger partial charge in [0.15, 0.2) is 0 Å². The first-order valence-electron chi connectivity index (χ1n) is 8.98. The van der Waals surface area contributed by atoms with Crippen LogP contribution in [0, 0.1) is 0 Å². The number of rotatable bonds is 3. The van der Waals surface area contributed by atoms with Crippen LogP contribution >= 0.6 is 11.6 Å². The van der Waals surface area contributed by atoms with Crippen LogP contribution in [0.15, 0.2) is 24.3 Å². The molecule has 23 heavy (non-hydrogen) atoms. The average Bonchev–Trinajstić information content (AvgIpc) is 2.86. The minimum Gasteiger partial charge on any atom is -0.342 e. The number of benzene rings is 1. The second-order valence-electron chi connectivity index (χ2n) is 6.87. The maximum absolute atomic E-state index is 12.5. The SMILES string of the molecule is O=C(Cc1ccc(Cl)cc1)N1CCC(N2CCCCCC2)CC1. The standard InChI is InChI=1S/C19H27ClN2O/c20-17-7-5-16(6-8-17)15-19(23)22-13-9-18(10-14-22)21-11-3-1-2-4-12-21/h5-8,18H,1-4,9-15H2. The van der Waals surface area contributed by atoms with Crippen molar-refractivity contribution in [3.8, 4) is 0 Å². The van der Waals surface area contributed by atoms with E-state index in [1.54, 1.807) is 0 Å². The molecule has 1 aromatic rings. The Morgan fingerprint density at radius 2 is 1.57 bits per heavy atom. The van der Waals surface area contributed by atoms with Crippen molar-refractivity contribution >= 4 is 17.5 Å². The van der Waals surface area contributed by atoms with Crippen LogP contribution < -0.4 is 0 Å². The highest BCUT2D eigenvalue weighted by Crippen LogP contribution is 2.21. The fraction of sp³-hybridized carbons (Fsp3) is 0.632. The van der Waals surface area contributed by atoms with Crippen LogP contribution in [-0.4, -0.2) is 47.9 Å². The minimum absolute atomic E-state index is 0.252. The molecule has 0 bridgehead atoms. The average molecular weight is 335 g/mol. The van der Waals surface area contributed by atoms with Crippen molar-refractivity contribution < 1.29 is 4.79 Å². The summed E-state index contributed by atoms with van der Waals surface area (Å²) in [5.74, 6) is 0.252. The lowest BCUT2D eigenvalue weighted by molar-refractivity contribution is -0.132. The van der Waals surface area contributed by atoms with Gasteiger partial charge in [0.25, 0.3) is 0 Å². The van der Waals surface area contributed by atoms with Gasteiger partial charge in [0.1, 0.15) is 0 Å². The number of carbonyl (C=O) groups is 1. The normalized spacial score (nSPS) is 21.2. The van der Waals surface area contributed by atoms with Gasteiger partial charge in [-0.05, 0) is 56.5 Å². The summed E-state index contributed by atoms with van der Waals surface area (Å²) in [5, 5.41) is 0.722. The van der Waals surface area contributed by atoms with Crippen LogP contribution in [0.4, 0.5) is 0 Å². The number of hydrogen-bond donors (Lipinski definition) is 0. The molecular weight excluding hydrogens is 308 g/mol. The summed E-state index contributed by atoms with van der Waals surface area (Å²) >= 11 is 5.90. The molecule has 2 heterocycles. The van der Waals surface area contributed by atoms with Crippen molar-refractivity contribution in [1.29, 1.82) is 0 Å². The van der Waals surface area contributed by atoms with E-state index in [1.807, 2.05) is 29.2 Å². The molecule has 4 heteroatoms. The molecule has 0 spiro atoms. The largest absolute Gasteiger partial charge is 0.342 e. The lowest BCUT2D eigenvalue weighted by Gasteiger charge is -2.38. The van der Waals surface area contributed by atoms with Gasteiger partial charge in [-0.1, -0.05) is 36.6 Å². The molecule has 3 nitrogen and oxygen atoms in total. The third-order valence-electron chi connectivity index (χ3n) is 5.24. The van der Waals surface area contributed by atoms with Crippen LogP contribution in [0.3, 0.4) is 0 Å². The topological polar surface area (TPSA) is 23.6 Å². The molecule has 3 rings (SSSR count). The van der Waals surface area contributed by atoms with E-state index in [0.717, 1.165) is 36.5 Å². The summed E-state index contributed by atoms with van der Waals surface area (Å²) < 4.78 is 0. The number of hydrogen-bond acceptors (Lipinski definition) is 2. The number of carbonyl (C=O) groups excluding carboxylic acids is 1. The maximum atomic E-state index is 12.5. The van der Waals surface area contributed by atoms with Gasteiger partial charge in [-0.25, -0.2) is 0 Å². The van der Waals surface area contributed by atoms with E-state index in [1.165, 1.54) is 38.8 Å². The molecule has 2 saturated heterocycles. The molecule has 1 aromatic carbocycles. The first-order chi connectivity index (χ1) is 11.2. The smallest absolute Gasteiger partial charge is 0.226 e. The van der Waals surface area contributed by atoms with E-state index in [2.05, 4.69) is 4.90 Å². The fourth-order valence-electron chi connectivity index (χ4n) is 3.83. The number of halogens is 1. The number of likely N-dealkylation sites (tertiary alicyclic amines) is 2. The molecule has 0 saturated carbocycles. The third kappa shape index (κ3) is 4.71. The molecule has 0 aliphatic carbocycles. The zero-order valence-corrected chi connectivity index (χ0v) is 14.6. The Labute approximate surface area is 144 Å². The maximum Gasteiger partial charge on any atom is 0.226 e. The summed E-state index contributed by atoms with van der Waals surface area (Å²) in [6, 6.07) is 8.30. The molecule has 0 unspecified atom stereocenters. The molecule has 0 radical (unpaired) electrons. The Morgan fingerprint density at radius 3 is 2.17 bits per heavy atom. The van der Waals surface area contributed by atoms with Crippen molar-refractivity contribution in [2.24, 2.45) is 0 Å². The summed E-state index contributed by atoms with van der Waals surface area (Å²) in [6.45, 7) is 4.33. The second kappa shape index (κ2) is 8.16. The monoisotopic (exact) mass is 334 g/mol. The van der Waals surface area contributed by atoms with E-state index >= 15 is 0 Å². The van der Waals surface area contributed by atoms with Crippen molar-refractivity contribution in [1.82, 2.24) is 9.80 Å². The van der Waals surface area contributed by atoms with Crippen LogP contribution in [0.2, 0.25) is 5.02 Å². The Kier molecular flexibility index (Phi) is 5.96. The third-order valence-corrected chi connectivity index (χ3v) is 5.49. The molecule has 0 atom stereocenters. The van der Waals surface area contributed by atoms with Gasteiger partial charge in [0, 0.05) is 24.2 Å². The molecule has 126 valence electrons. The van der Waals surface area contributed by atoms with Crippen molar-refractivity contribution in [3.63, 3.8) is 0 Å². The van der Waals surface area contributed by atoms with Gasteiger partial charge >= 0.3 is 0 Å². The molecule has 0 aromatic heterocycles. The molecule has 2 fully saturated rings. The minimum atomic E-state index is 0.252. The summed E-state index contributed by atoms with van der Waals surface area (Å²) in [7, 11) is 0. The van der Waals surface area contributed by atoms with Crippen molar-refractivity contribution in [2.45, 2.75) is 51.0 Å². The lowest BCUT2D eigenvalue weighted by atomic mass is 10.0. The first-order valence-corrected chi connectivity index (χ1v) is 9.36. The Bertz CT molecular complexity index is 501. The van der Waals surface area contributed by atoms with E-state index in [-0.39, 0.29) is 5.91 Å². The van der Waals surface area contributed by atoms with E-state index in [0.29, 0.717) is 12.5 Å². The molecule has 2 aliphatic rings. The van der Waals surface area contributed by atoms with Crippen LogP contribution in [0.25, 0.3) is 0 Å². The van der Waals surface area contributed by atoms with E-state index < -0.39 is 0 Å². The highest BCUT2D eigenvalue weighted by molar-refractivity contribution is 6.30. The summed E-state index contributed by atoms with van der Waals surface area (Å²) in [6.07, 6.45) is 8.21. The van der Waals surface area contributed by atoms with Crippen molar-refractivity contribution in [2.75, 3.05) is 26.2 Å². The summed E-state index contributed by atoms with van der Waals surface area (Å²) in [5.41, 5.74) is 1.05. The zero-order chi connectivity index (χ0) is 16.1. The Hall–Kier alpha value is -1.06. The first kappa shape index (κ1) is 16.8. The van der Waals surface area contributed by atoms with Gasteiger partial charge in [-0.3, -0.25) is 4.79 Å². The zero-order valence-electron chi connectivity index (χ0n) is 13.8. The lowest BCUT2D eigenvalue weighted by Crippen LogP contribution is -2.47. The highest BCUT2D eigenvalue weighted by atomic mass is 35.5. The highest BCUT2D eigenvalue weighted by Gasteiger charge is 2.27. The molecule has 2 aliphatic heterocycles. The number of amides is 1. The van der Waals surface area contributed by atoms with Gasteiger partial charge in [0.05, 0.1) is 6.42 Å². The van der Waals surface area contributed by atoms with Crippen LogP contribution in [-0.2, 0) is 11.2 Å². The van der Waals surface area contributed by atoms with Gasteiger partial charge in [-0.15, -0.1) is 0 Å². The molecule has 1 amide bonds. The predicted octanol–water partition coefficient (Wildman–Crippen LogP) is 3.75. The van der Waals surface area contributed by atoms with Gasteiger partial charge in [-0.2, -0.15) is 0 Å². The Balaban J connectivity index is 1.48. The second-order valence-corrected chi connectivity index (χ2v) is 7.30. The number of nitrogens with zero attached hydrogens (tertiary/aromatic N) is 2. The van der Waals surface area contributed by atoms with Crippen molar-refractivity contribution in [3.05, 3.63) is 34.9 Å². The molecule has 0 N–H and O–H groups in total. The quantitative estimate of drug-likeness (QED) is 0.840. The predicted molar refractivity (Wildman–Crippen MR) is 94.8 cm³/mol. The van der Waals surface area contributed by atoms with Gasteiger partial charge in [0.2, 0.25) is 5.91 Å².